The van der Waals surface area contributed by atoms with Gasteiger partial charge in [-0.15, -0.1) is 10.2 Å². The van der Waals surface area contributed by atoms with E-state index < -0.39 is 0 Å². The predicted octanol–water partition coefficient (Wildman–Crippen LogP) is 0.822. The lowest BCUT2D eigenvalue weighted by molar-refractivity contribution is 0.174. The Morgan fingerprint density at radius 3 is 2.52 bits per heavy atom. The average molecular weight is 370 g/mol. The first-order valence-corrected chi connectivity index (χ1v) is 8.85. The topological polar surface area (TPSA) is 98.2 Å². The van der Waals surface area contributed by atoms with Crippen molar-refractivity contribution in [3.05, 3.63) is 41.8 Å². The molecule has 0 aromatic carbocycles. The molecule has 10 nitrogen and oxygen atoms in total. The van der Waals surface area contributed by atoms with Crippen LogP contribution in [0, 0.1) is 6.92 Å². The highest BCUT2D eigenvalue weighted by atomic mass is 16.5. The molecule has 0 saturated carbocycles. The van der Waals surface area contributed by atoms with E-state index >= 15 is 0 Å². The molecule has 3 aromatic rings. The summed E-state index contributed by atoms with van der Waals surface area (Å²) in [5.41, 5.74) is 0.951. The minimum Gasteiger partial charge on any atom is -0.377 e. The first-order chi connectivity index (χ1) is 13.2. The summed E-state index contributed by atoms with van der Waals surface area (Å²) in [6.07, 6.45) is 1.88. The van der Waals surface area contributed by atoms with E-state index in [-0.39, 0.29) is 0 Å². The molecule has 4 heterocycles. The zero-order valence-corrected chi connectivity index (χ0v) is 15.4. The van der Waals surface area contributed by atoms with Crippen molar-refractivity contribution in [1.29, 1.82) is 0 Å². The summed E-state index contributed by atoms with van der Waals surface area (Å²) in [6, 6.07) is 5.87. The second-order valence-corrected chi connectivity index (χ2v) is 6.45. The molecule has 0 radical (unpaired) electrons. The van der Waals surface area contributed by atoms with Crippen LogP contribution in [-0.4, -0.2) is 68.3 Å². The number of aromatic nitrogens is 6. The molecular formula is C17H22N8O2. The van der Waals surface area contributed by atoms with Crippen molar-refractivity contribution in [3.63, 3.8) is 0 Å². The molecule has 0 amide bonds. The minimum absolute atomic E-state index is 0.365. The molecule has 0 spiro atoms. The Kier molecular flexibility index (Phi) is 5.07. The Morgan fingerprint density at radius 2 is 1.85 bits per heavy atom. The molecule has 0 atom stereocenters. The quantitative estimate of drug-likeness (QED) is 0.624. The summed E-state index contributed by atoms with van der Waals surface area (Å²) in [6.45, 7) is 6.48. The fourth-order valence-corrected chi connectivity index (χ4v) is 3.02. The number of aryl methyl sites for hydroxylation is 1. The molecule has 4 rings (SSSR count). The molecule has 0 unspecified atom stereocenters. The Bertz CT molecular complexity index is 867. The summed E-state index contributed by atoms with van der Waals surface area (Å²) < 4.78 is 12.0. The van der Waals surface area contributed by atoms with Gasteiger partial charge in [-0.1, -0.05) is 5.16 Å². The van der Waals surface area contributed by atoms with Gasteiger partial charge >= 0.3 is 0 Å². The highest BCUT2D eigenvalue weighted by Gasteiger charge is 2.20. The molecule has 0 N–H and O–H groups in total. The van der Waals surface area contributed by atoms with E-state index in [1.54, 1.807) is 11.8 Å². The SMILES string of the molecule is COCc1noc(CN2CCN(c3ccc(-n4ccc(C)n4)nn3)CC2)n1. The van der Waals surface area contributed by atoms with Crippen molar-refractivity contribution in [2.75, 3.05) is 38.2 Å². The van der Waals surface area contributed by atoms with Crippen LogP contribution in [0.3, 0.4) is 0 Å². The van der Waals surface area contributed by atoms with Gasteiger partial charge < -0.3 is 14.2 Å². The zero-order valence-electron chi connectivity index (χ0n) is 15.4. The van der Waals surface area contributed by atoms with Gasteiger partial charge in [0.05, 0.1) is 12.2 Å². The largest absolute Gasteiger partial charge is 0.377 e. The maximum absolute atomic E-state index is 5.26. The zero-order chi connectivity index (χ0) is 18.6. The predicted molar refractivity (Wildman–Crippen MR) is 96.4 cm³/mol. The fraction of sp³-hybridized carbons (Fsp3) is 0.471. The van der Waals surface area contributed by atoms with Crippen molar-refractivity contribution in [2.45, 2.75) is 20.1 Å². The molecule has 1 fully saturated rings. The molecule has 27 heavy (non-hydrogen) atoms. The van der Waals surface area contributed by atoms with Crippen molar-refractivity contribution in [2.24, 2.45) is 0 Å². The van der Waals surface area contributed by atoms with Gasteiger partial charge in [-0.3, -0.25) is 4.90 Å². The van der Waals surface area contributed by atoms with E-state index in [1.165, 1.54) is 0 Å². The Hall–Kier alpha value is -2.85. The van der Waals surface area contributed by atoms with Crippen LogP contribution >= 0.6 is 0 Å². The van der Waals surface area contributed by atoms with Crippen molar-refractivity contribution < 1.29 is 9.26 Å². The molecular weight excluding hydrogens is 348 g/mol. The van der Waals surface area contributed by atoms with Crippen LogP contribution in [0.5, 0.6) is 0 Å². The third-order valence-electron chi connectivity index (χ3n) is 4.43. The first-order valence-electron chi connectivity index (χ1n) is 8.85. The number of rotatable bonds is 6. The van der Waals surface area contributed by atoms with Crippen LogP contribution < -0.4 is 4.90 Å². The maximum atomic E-state index is 5.26. The Balaban J connectivity index is 1.32. The fourth-order valence-electron chi connectivity index (χ4n) is 3.02. The molecule has 142 valence electrons. The summed E-state index contributed by atoms with van der Waals surface area (Å²) in [7, 11) is 1.61. The van der Waals surface area contributed by atoms with Gasteiger partial charge in [0.1, 0.15) is 6.61 Å². The van der Waals surface area contributed by atoms with Gasteiger partial charge in [-0.2, -0.15) is 10.1 Å². The van der Waals surface area contributed by atoms with E-state index in [2.05, 4.69) is 35.2 Å². The van der Waals surface area contributed by atoms with Crippen LogP contribution in [0.4, 0.5) is 5.82 Å². The minimum atomic E-state index is 0.365. The van der Waals surface area contributed by atoms with Gasteiger partial charge in [0.25, 0.3) is 0 Å². The molecule has 1 aliphatic rings. The molecule has 0 bridgehead atoms. The standard InChI is InChI=1S/C17H22N8O2/c1-13-5-6-25(21-13)16-4-3-15(19-20-16)24-9-7-23(8-10-24)11-17-18-14(12-26-2)22-27-17/h3-6H,7-12H2,1-2H3. The molecule has 10 heteroatoms. The summed E-state index contributed by atoms with van der Waals surface area (Å²) in [4.78, 5) is 8.84. The molecule has 0 aliphatic carbocycles. The van der Waals surface area contributed by atoms with Crippen molar-refractivity contribution in [3.8, 4) is 5.82 Å². The van der Waals surface area contributed by atoms with E-state index in [9.17, 15) is 0 Å². The van der Waals surface area contributed by atoms with Crippen LogP contribution in [0.25, 0.3) is 5.82 Å². The lowest BCUT2D eigenvalue weighted by atomic mass is 10.3. The molecule has 1 saturated heterocycles. The monoisotopic (exact) mass is 370 g/mol. The van der Waals surface area contributed by atoms with E-state index in [0.29, 0.717) is 30.7 Å². The van der Waals surface area contributed by atoms with Gasteiger partial charge in [0.2, 0.25) is 5.89 Å². The number of anilines is 1. The highest BCUT2D eigenvalue weighted by Crippen LogP contribution is 2.15. The van der Waals surface area contributed by atoms with Crippen LogP contribution in [0.2, 0.25) is 0 Å². The average Bonchev–Trinajstić information content (AvgIpc) is 3.32. The lowest BCUT2D eigenvalue weighted by Gasteiger charge is -2.34. The van der Waals surface area contributed by atoms with Crippen LogP contribution in [-0.2, 0) is 17.9 Å². The number of piperazine rings is 1. The van der Waals surface area contributed by atoms with Crippen LogP contribution in [0.1, 0.15) is 17.4 Å². The smallest absolute Gasteiger partial charge is 0.240 e. The third-order valence-corrected chi connectivity index (χ3v) is 4.43. The van der Waals surface area contributed by atoms with Gasteiger partial charge in [0.15, 0.2) is 17.5 Å². The third kappa shape index (κ3) is 4.12. The van der Waals surface area contributed by atoms with Crippen molar-refractivity contribution >= 4 is 5.82 Å². The van der Waals surface area contributed by atoms with E-state index in [0.717, 1.165) is 37.7 Å². The summed E-state index contributed by atoms with van der Waals surface area (Å²) in [5.74, 6) is 2.79. The normalized spacial score (nSPS) is 15.4. The lowest BCUT2D eigenvalue weighted by Crippen LogP contribution is -2.46. The summed E-state index contributed by atoms with van der Waals surface area (Å²) in [5, 5.41) is 16.9. The second kappa shape index (κ2) is 7.80. The number of nitrogens with zero attached hydrogens (tertiary/aromatic N) is 8. The summed E-state index contributed by atoms with van der Waals surface area (Å²) >= 11 is 0. The Morgan fingerprint density at radius 1 is 1.07 bits per heavy atom. The number of hydrogen-bond acceptors (Lipinski definition) is 9. The highest BCUT2D eigenvalue weighted by molar-refractivity contribution is 5.40. The first kappa shape index (κ1) is 17.6. The van der Waals surface area contributed by atoms with Gasteiger partial charge in [-0.05, 0) is 25.1 Å². The van der Waals surface area contributed by atoms with Crippen LogP contribution in [0.15, 0.2) is 28.9 Å². The maximum Gasteiger partial charge on any atom is 0.240 e. The second-order valence-electron chi connectivity index (χ2n) is 6.45. The van der Waals surface area contributed by atoms with E-state index in [4.69, 9.17) is 9.26 Å². The van der Waals surface area contributed by atoms with Crippen molar-refractivity contribution in [1.82, 2.24) is 35.0 Å². The van der Waals surface area contributed by atoms with E-state index in [1.807, 2.05) is 31.3 Å². The molecule has 3 aromatic heterocycles. The number of methoxy groups -OCH3 is 1. The van der Waals surface area contributed by atoms with Gasteiger partial charge in [-0.25, -0.2) is 4.68 Å². The number of ether oxygens (including phenoxy) is 1. The Labute approximate surface area is 156 Å². The number of hydrogen-bond donors (Lipinski definition) is 0. The molecule has 1 aliphatic heterocycles. The van der Waals surface area contributed by atoms with Gasteiger partial charge in [0, 0.05) is 39.5 Å².